The van der Waals surface area contributed by atoms with E-state index >= 15 is 0 Å². The molecule has 2 amide bonds. The van der Waals surface area contributed by atoms with Crippen LogP contribution in [0.15, 0.2) is 83.0 Å². The summed E-state index contributed by atoms with van der Waals surface area (Å²) in [6, 6.07) is 19.8. The van der Waals surface area contributed by atoms with Crippen molar-refractivity contribution in [3.05, 3.63) is 84.2 Å². The molecule has 0 saturated carbocycles. The second kappa shape index (κ2) is 8.68. The standard InChI is InChI=1S/C21H17FN4O2/c1-14(27)23-18-11-12-20(22)19(13-18)21(28)24-15-7-9-17(10-8-15)26-25-16-5-3-2-4-6-16/h2-13H,1H3,(H,23,27)(H,24,28). The fourth-order valence-electron chi connectivity index (χ4n) is 2.40. The van der Waals surface area contributed by atoms with E-state index in [-0.39, 0.29) is 11.5 Å². The Morgan fingerprint density at radius 3 is 2.04 bits per heavy atom. The van der Waals surface area contributed by atoms with Crippen molar-refractivity contribution >= 4 is 34.6 Å². The first-order valence-electron chi connectivity index (χ1n) is 8.46. The number of hydrogen-bond donors (Lipinski definition) is 2. The van der Waals surface area contributed by atoms with E-state index in [0.717, 1.165) is 11.8 Å². The molecule has 0 aromatic heterocycles. The highest BCUT2D eigenvalue weighted by atomic mass is 19.1. The van der Waals surface area contributed by atoms with Gasteiger partial charge in [0.15, 0.2) is 0 Å². The van der Waals surface area contributed by atoms with Gasteiger partial charge in [-0.3, -0.25) is 9.59 Å². The van der Waals surface area contributed by atoms with E-state index < -0.39 is 11.7 Å². The van der Waals surface area contributed by atoms with Gasteiger partial charge in [-0.2, -0.15) is 10.2 Å². The Kier molecular flexibility index (Phi) is 5.86. The summed E-state index contributed by atoms with van der Waals surface area (Å²) in [7, 11) is 0. The zero-order chi connectivity index (χ0) is 19.9. The summed E-state index contributed by atoms with van der Waals surface area (Å²) >= 11 is 0. The number of carbonyl (C=O) groups is 2. The van der Waals surface area contributed by atoms with Crippen molar-refractivity contribution in [1.29, 1.82) is 0 Å². The van der Waals surface area contributed by atoms with Gasteiger partial charge in [0.1, 0.15) is 5.82 Å². The molecule has 140 valence electrons. The Labute approximate surface area is 161 Å². The first kappa shape index (κ1) is 18.9. The summed E-state index contributed by atoms with van der Waals surface area (Å²) in [5, 5.41) is 13.4. The highest BCUT2D eigenvalue weighted by molar-refractivity contribution is 6.05. The average molecular weight is 376 g/mol. The van der Waals surface area contributed by atoms with Gasteiger partial charge in [-0.1, -0.05) is 18.2 Å². The number of carbonyl (C=O) groups excluding carboxylic acids is 2. The first-order chi connectivity index (χ1) is 13.5. The number of halogens is 1. The zero-order valence-corrected chi connectivity index (χ0v) is 15.0. The molecule has 0 heterocycles. The lowest BCUT2D eigenvalue weighted by Gasteiger charge is -2.08. The largest absolute Gasteiger partial charge is 0.326 e. The predicted octanol–water partition coefficient (Wildman–Crippen LogP) is 5.45. The first-order valence-corrected chi connectivity index (χ1v) is 8.46. The number of azo groups is 1. The lowest BCUT2D eigenvalue weighted by molar-refractivity contribution is -0.114. The van der Waals surface area contributed by atoms with E-state index in [1.54, 1.807) is 24.3 Å². The second-order valence-electron chi connectivity index (χ2n) is 5.91. The van der Waals surface area contributed by atoms with Gasteiger partial charge >= 0.3 is 0 Å². The van der Waals surface area contributed by atoms with Crippen LogP contribution in [0.2, 0.25) is 0 Å². The minimum atomic E-state index is -0.681. The van der Waals surface area contributed by atoms with Crippen LogP contribution in [0.3, 0.4) is 0 Å². The van der Waals surface area contributed by atoms with Gasteiger partial charge in [-0.05, 0) is 54.6 Å². The van der Waals surface area contributed by atoms with Crippen LogP contribution in [-0.4, -0.2) is 11.8 Å². The summed E-state index contributed by atoms with van der Waals surface area (Å²) in [5.74, 6) is -1.61. The molecular formula is C21H17FN4O2. The van der Waals surface area contributed by atoms with Gasteiger partial charge in [0.05, 0.1) is 16.9 Å². The molecule has 0 aliphatic heterocycles. The summed E-state index contributed by atoms with van der Waals surface area (Å²) in [5.41, 5.74) is 2.00. The van der Waals surface area contributed by atoms with Crippen molar-refractivity contribution in [2.45, 2.75) is 6.92 Å². The minimum absolute atomic E-state index is 0.168. The Balaban J connectivity index is 1.69. The Hall–Kier alpha value is -3.87. The van der Waals surface area contributed by atoms with Crippen LogP contribution in [0.1, 0.15) is 17.3 Å². The molecule has 0 unspecified atom stereocenters. The molecule has 6 nitrogen and oxygen atoms in total. The highest BCUT2D eigenvalue weighted by Crippen LogP contribution is 2.21. The van der Waals surface area contributed by atoms with E-state index in [0.29, 0.717) is 17.1 Å². The van der Waals surface area contributed by atoms with Crippen LogP contribution in [-0.2, 0) is 4.79 Å². The van der Waals surface area contributed by atoms with Crippen LogP contribution in [0, 0.1) is 5.82 Å². The SMILES string of the molecule is CC(=O)Nc1ccc(F)c(C(=O)Nc2ccc(N=Nc3ccccc3)cc2)c1. The molecule has 0 aliphatic rings. The van der Waals surface area contributed by atoms with Gasteiger partial charge in [-0.25, -0.2) is 4.39 Å². The normalized spacial score (nSPS) is 10.6. The maximum atomic E-state index is 14.0. The molecule has 0 aliphatic carbocycles. The summed E-state index contributed by atoms with van der Waals surface area (Å²) < 4.78 is 14.0. The quantitative estimate of drug-likeness (QED) is 0.580. The molecule has 28 heavy (non-hydrogen) atoms. The lowest BCUT2D eigenvalue weighted by Crippen LogP contribution is -2.15. The van der Waals surface area contributed by atoms with Crippen LogP contribution in [0.4, 0.5) is 27.1 Å². The molecule has 0 spiro atoms. The van der Waals surface area contributed by atoms with E-state index in [1.807, 2.05) is 30.3 Å². The fourth-order valence-corrected chi connectivity index (χ4v) is 2.40. The van der Waals surface area contributed by atoms with Crippen LogP contribution < -0.4 is 10.6 Å². The van der Waals surface area contributed by atoms with E-state index in [1.165, 1.54) is 19.1 Å². The molecule has 3 rings (SSSR count). The third-order valence-electron chi connectivity index (χ3n) is 3.69. The molecular weight excluding hydrogens is 359 g/mol. The smallest absolute Gasteiger partial charge is 0.258 e. The van der Waals surface area contributed by atoms with Gasteiger partial charge < -0.3 is 10.6 Å². The average Bonchev–Trinajstić information content (AvgIpc) is 2.69. The number of amides is 2. The van der Waals surface area contributed by atoms with E-state index in [4.69, 9.17) is 0 Å². The Bertz CT molecular complexity index is 1020. The second-order valence-corrected chi connectivity index (χ2v) is 5.91. The van der Waals surface area contributed by atoms with Gasteiger partial charge in [0, 0.05) is 18.3 Å². The van der Waals surface area contributed by atoms with Gasteiger partial charge in [0.2, 0.25) is 5.91 Å². The molecule has 0 radical (unpaired) electrons. The van der Waals surface area contributed by atoms with Crippen LogP contribution in [0.25, 0.3) is 0 Å². The third kappa shape index (κ3) is 5.07. The monoisotopic (exact) mass is 376 g/mol. The maximum Gasteiger partial charge on any atom is 0.258 e. The summed E-state index contributed by atoms with van der Waals surface area (Å²) in [4.78, 5) is 23.5. The number of rotatable bonds is 5. The molecule has 0 saturated heterocycles. The zero-order valence-electron chi connectivity index (χ0n) is 15.0. The van der Waals surface area contributed by atoms with Crippen molar-refractivity contribution in [3.8, 4) is 0 Å². The van der Waals surface area contributed by atoms with Gasteiger partial charge in [-0.15, -0.1) is 0 Å². The Morgan fingerprint density at radius 2 is 1.39 bits per heavy atom. The van der Waals surface area contributed by atoms with Crippen molar-refractivity contribution in [2.24, 2.45) is 10.2 Å². The van der Waals surface area contributed by atoms with E-state index in [2.05, 4.69) is 20.9 Å². The molecule has 3 aromatic rings. The maximum absolute atomic E-state index is 14.0. The minimum Gasteiger partial charge on any atom is -0.326 e. The number of nitrogens with one attached hydrogen (secondary N) is 2. The predicted molar refractivity (Wildman–Crippen MR) is 106 cm³/mol. The summed E-state index contributed by atoms with van der Waals surface area (Å²) in [6.07, 6.45) is 0. The molecule has 7 heteroatoms. The van der Waals surface area contributed by atoms with Crippen molar-refractivity contribution in [1.82, 2.24) is 0 Å². The third-order valence-corrected chi connectivity index (χ3v) is 3.69. The number of hydrogen-bond acceptors (Lipinski definition) is 4. The van der Waals surface area contributed by atoms with Crippen molar-refractivity contribution in [2.75, 3.05) is 10.6 Å². The topological polar surface area (TPSA) is 82.9 Å². The van der Waals surface area contributed by atoms with Gasteiger partial charge in [0.25, 0.3) is 5.91 Å². The highest BCUT2D eigenvalue weighted by Gasteiger charge is 2.13. The van der Waals surface area contributed by atoms with Crippen LogP contribution >= 0.6 is 0 Å². The lowest BCUT2D eigenvalue weighted by atomic mass is 10.1. The molecule has 0 fully saturated rings. The van der Waals surface area contributed by atoms with Crippen molar-refractivity contribution < 1.29 is 14.0 Å². The molecule has 2 N–H and O–H groups in total. The molecule has 0 bridgehead atoms. The number of benzene rings is 3. The number of nitrogens with zero attached hydrogens (tertiary/aromatic N) is 2. The van der Waals surface area contributed by atoms with Crippen LogP contribution in [0.5, 0.6) is 0 Å². The van der Waals surface area contributed by atoms with Crippen molar-refractivity contribution in [3.63, 3.8) is 0 Å². The van der Waals surface area contributed by atoms with E-state index in [9.17, 15) is 14.0 Å². The summed E-state index contributed by atoms with van der Waals surface area (Å²) in [6.45, 7) is 1.33. The number of anilines is 2. The fraction of sp³-hybridized carbons (Fsp3) is 0.0476. The Morgan fingerprint density at radius 1 is 0.786 bits per heavy atom. The molecule has 0 atom stereocenters. The molecule has 3 aromatic carbocycles.